The second-order valence-electron chi connectivity index (χ2n) is 6.18. The molecule has 0 radical (unpaired) electrons. The fraction of sp³-hybridized carbons (Fsp3) is 0.500. The molecule has 18 heavy (non-hydrogen) atoms. The molecule has 1 unspecified atom stereocenters. The minimum atomic E-state index is 0.201. The van der Waals surface area contributed by atoms with E-state index < -0.39 is 0 Å². The molecular weight excluding hydrogens is 220 g/mol. The number of nitrogens with one attached hydrogen (secondary N) is 2. The number of aromatic nitrogens is 1. The van der Waals surface area contributed by atoms with Crippen molar-refractivity contribution in [1.82, 2.24) is 10.3 Å². The molecule has 1 atom stereocenters. The molecule has 2 nitrogen and oxygen atoms in total. The molecule has 0 saturated carbocycles. The van der Waals surface area contributed by atoms with Gasteiger partial charge in [0.05, 0.1) is 0 Å². The second-order valence-corrected chi connectivity index (χ2v) is 6.18. The Labute approximate surface area is 110 Å². The van der Waals surface area contributed by atoms with Crippen molar-refractivity contribution in [2.75, 3.05) is 7.05 Å². The summed E-state index contributed by atoms with van der Waals surface area (Å²) in [5, 5.41) is 4.64. The van der Waals surface area contributed by atoms with E-state index in [1.165, 1.54) is 27.7 Å². The van der Waals surface area contributed by atoms with E-state index in [0.29, 0.717) is 6.04 Å². The van der Waals surface area contributed by atoms with Gasteiger partial charge in [-0.05, 0) is 49.6 Å². The van der Waals surface area contributed by atoms with E-state index >= 15 is 0 Å². The highest BCUT2D eigenvalue weighted by Gasteiger charge is 2.17. The third kappa shape index (κ3) is 2.17. The molecule has 0 amide bonds. The highest BCUT2D eigenvalue weighted by molar-refractivity contribution is 5.85. The van der Waals surface area contributed by atoms with Crippen LogP contribution in [0.5, 0.6) is 0 Å². The second kappa shape index (κ2) is 4.43. The third-order valence-electron chi connectivity index (χ3n) is 3.83. The smallest absolute Gasteiger partial charge is 0.0459 e. The number of aryl methyl sites for hydroxylation is 1. The largest absolute Gasteiger partial charge is 0.357 e. The van der Waals surface area contributed by atoms with E-state index in [2.05, 4.69) is 63.1 Å². The molecule has 2 aromatic rings. The maximum absolute atomic E-state index is 3.53. The number of hydrogen-bond acceptors (Lipinski definition) is 1. The normalized spacial score (nSPS) is 14.1. The Bertz CT molecular complexity index is 558. The van der Waals surface area contributed by atoms with Crippen LogP contribution in [0.4, 0.5) is 0 Å². The summed E-state index contributed by atoms with van der Waals surface area (Å²) in [6, 6.07) is 7.11. The summed E-state index contributed by atoms with van der Waals surface area (Å²) in [6.45, 7) is 11.2. The van der Waals surface area contributed by atoms with E-state index in [4.69, 9.17) is 0 Å². The molecule has 0 fully saturated rings. The number of fused-ring (bicyclic) bond motifs is 1. The maximum atomic E-state index is 3.53. The number of rotatable bonds is 2. The molecule has 0 aliphatic rings. The highest BCUT2D eigenvalue weighted by Crippen LogP contribution is 2.30. The predicted octanol–water partition coefficient (Wildman–Crippen LogP) is 4.05. The first-order chi connectivity index (χ1) is 8.34. The standard InChI is InChI=1S/C16H24N2/c1-10-13-9-12(16(3,4)5)7-8-14(13)18-15(10)11(2)17-6/h7-9,11,17-18H,1-6H3. The number of hydrogen-bond donors (Lipinski definition) is 2. The van der Waals surface area contributed by atoms with Crippen LogP contribution in [0.3, 0.4) is 0 Å². The molecule has 1 heterocycles. The lowest BCUT2D eigenvalue weighted by Gasteiger charge is -2.19. The summed E-state index contributed by atoms with van der Waals surface area (Å²) >= 11 is 0. The lowest BCUT2D eigenvalue weighted by Crippen LogP contribution is -2.13. The van der Waals surface area contributed by atoms with E-state index in [0.717, 1.165) is 0 Å². The molecule has 98 valence electrons. The van der Waals surface area contributed by atoms with Crippen LogP contribution >= 0.6 is 0 Å². The topological polar surface area (TPSA) is 27.8 Å². The number of aromatic amines is 1. The van der Waals surface area contributed by atoms with Crippen molar-refractivity contribution in [3.05, 3.63) is 35.0 Å². The molecule has 2 rings (SSSR count). The highest BCUT2D eigenvalue weighted by atomic mass is 14.9. The van der Waals surface area contributed by atoms with Crippen molar-refractivity contribution in [3.63, 3.8) is 0 Å². The van der Waals surface area contributed by atoms with Gasteiger partial charge in [0.25, 0.3) is 0 Å². The Hall–Kier alpha value is -1.28. The summed E-state index contributed by atoms with van der Waals surface area (Å²) in [5.41, 5.74) is 5.47. The SMILES string of the molecule is CNC(C)c1[nH]c2ccc(C(C)(C)C)cc2c1C. The zero-order valence-corrected chi connectivity index (χ0v) is 12.3. The van der Waals surface area contributed by atoms with Crippen molar-refractivity contribution in [2.45, 2.75) is 46.1 Å². The molecule has 1 aromatic carbocycles. The zero-order chi connectivity index (χ0) is 13.5. The van der Waals surface area contributed by atoms with Crippen molar-refractivity contribution < 1.29 is 0 Å². The Morgan fingerprint density at radius 3 is 2.44 bits per heavy atom. The number of benzene rings is 1. The molecule has 2 N–H and O–H groups in total. The predicted molar refractivity (Wildman–Crippen MR) is 79.2 cm³/mol. The van der Waals surface area contributed by atoms with Crippen LogP contribution in [-0.2, 0) is 5.41 Å². The van der Waals surface area contributed by atoms with Gasteiger partial charge in [-0.3, -0.25) is 0 Å². The van der Waals surface area contributed by atoms with Crippen LogP contribution in [0.15, 0.2) is 18.2 Å². The van der Waals surface area contributed by atoms with Gasteiger partial charge in [0, 0.05) is 22.6 Å². The van der Waals surface area contributed by atoms with E-state index in [-0.39, 0.29) is 5.41 Å². The molecular formula is C16H24N2. The fourth-order valence-electron chi connectivity index (χ4n) is 2.39. The van der Waals surface area contributed by atoms with Crippen LogP contribution in [0, 0.1) is 6.92 Å². The molecule has 1 aromatic heterocycles. The molecule has 0 spiro atoms. The average Bonchev–Trinajstić information content (AvgIpc) is 2.64. The summed E-state index contributed by atoms with van der Waals surface area (Å²) in [7, 11) is 2.00. The first-order valence-electron chi connectivity index (χ1n) is 6.64. The van der Waals surface area contributed by atoms with Crippen molar-refractivity contribution in [2.24, 2.45) is 0 Å². The van der Waals surface area contributed by atoms with Crippen molar-refractivity contribution in [1.29, 1.82) is 0 Å². The van der Waals surface area contributed by atoms with Gasteiger partial charge in [-0.1, -0.05) is 26.8 Å². The summed E-state index contributed by atoms with van der Waals surface area (Å²) in [5.74, 6) is 0. The first-order valence-corrected chi connectivity index (χ1v) is 6.64. The van der Waals surface area contributed by atoms with Gasteiger partial charge < -0.3 is 10.3 Å². The van der Waals surface area contributed by atoms with Crippen molar-refractivity contribution in [3.8, 4) is 0 Å². The third-order valence-corrected chi connectivity index (χ3v) is 3.83. The Balaban J connectivity index is 2.60. The van der Waals surface area contributed by atoms with Crippen LogP contribution in [0.2, 0.25) is 0 Å². The Morgan fingerprint density at radius 2 is 1.89 bits per heavy atom. The summed E-state index contributed by atoms with van der Waals surface area (Å²) in [4.78, 5) is 3.53. The van der Waals surface area contributed by atoms with Gasteiger partial charge in [0.1, 0.15) is 0 Å². The average molecular weight is 244 g/mol. The van der Waals surface area contributed by atoms with Gasteiger partial charge in [0.2, 0.25) is 0 Å². The van der Waals surface area contributed by atoms with Gasteiger partial charge in [-0.15, -0.1) is 0 Å². The van der Waals surface area contributed by atoms with E-state index in [1.54, 1.807) is 0 Å². The number of H-pyrrole nitrogens is 1. The first kappa shape index (κ1) is 13.2. The molecule has 0 aliphatic carbocycles. The van der Waals surface area contributed by atoms with Crippen LogP contribution in [0.1, 0.15) is 50.6 Å². The van der Waals surface area contributed by atoms with Gasteiger partial charge >= 0.3 is 0 Å². The molecule has 0 saturated heterocycles. The van der Waals surface area contributed by atoms with Gasteiger partial charge in [-0.25, -0.2) is 0 Å². The Kier molecular flexibility index (Phi) is 3.24. The summed E-state index contributed by atoms with van der Waals surface area (Å²) in [6.07, 6.45) is 0. The lowest BCUT2D eigenvalue weighted by atomic mass is 9.86. The monoisotopic (exact) mass is 244 g/mol. The summed E-state index contributed by atoms with van der Waals surface area (Å²) < 4.78 is 0. The van der Waals surface area contributed by atoms with Gasteiger partial charge in [-0.2, -0.15) is 0 Å². The quantitative estimate of drug-likeness (QED) is 0.819. The molecule has 0 aliphatic heterocycles. The van der Waals surface area contributed by atoms with Crippen LogP contribution < -0.4 is 5.32 Å². The lowest BCUT2D eigenvalue weighted by molar-refractivity contribution is 0.591. The van der Waals surface area contributed by atoms with E-state index in [9.17, 15) is 0 Å². The van der Waals surface area contributed by atoms with Crippen LogP contribution in [-0.4, -0.2) is 12.0 Å². The Morgan fingerprint density at radius 1 is 1.22 bits per heavy atom. The van der Waals surface area contributed by atoms with Crippen molar-refractivity contribution >= 4 is 10.9 Å². The maximum Gasteiger partial charge on any atom is 0.0459 e. The molecule has 2 heteroatoms. The van der Waals surface area contributed by atoms with Gasteiger partial charge in [0.15, 0.2) is 0 Å². The van der Waals surface area contributed by atoms with Crippen LogP contribution in [0.25, 0.3) is 10.9 Å². The van der Waals surface area contributed by atoms with E-state index in [1.807, 2.05) is 7.05 Å². The molecule has 0 bridgehead atoms. The fourth-order valence-corrected chi connectivity index (χ4v) is 2.39. The zero-order valence-electron chi connectivity index (χ0n) is 12.3. The minimum Gasteiger partial charge on any atom is -0.357 e. The minimum absolute atomic E-state index is 0.201.